The summed E-state index contributed by atoms with van der Waals surface area (Å²) in [6.45, 7) is 0. The Bertz CT molecular complexity index is 659. The number of para-hydroxylation sites is 1. The van der Waals surface area contributed by atoms with Crippen molar-refractivity contribution in [3.05, 3.63) is 30.1 Å². The van der Waals surface area contributed by atoms with Gasteiger partial charge in [0.2, 0.25) is 21.8 Å². The van der Waals surface area contributed by atoms with Crippen molar-refractivity contribution in [3.63, 3.8) is 0 Å². The van der Waals surface area contributed by atoms with Crippen LogP contribution in [0, 0.1) is 5.82 Å². The Morgan fingerprint density at radius 1 is 1.40 bits per heavy atom. The van der Waals surface area contributed by atoms with Crippen LogP contribution in [0.2, 0.25) is 0 Å². The van der Waals surface area contributed by atoms with Gasteiger partial charge in [0.15, 0.2) is 0 Å². The van der Waals surface area contributed by atoms with Gasteiger partial charge in [-0.1, -0.05) is 12.1 Å². The first-order valence-corrected chi connectivity index (χ1v) is 7.73. The molecule has 2 amide bonds. The minimum Gasteiger partial charge on any atom is -0.322 e. The normalized spacial score (nSPS) is 19.2. The van der Waals surface area contributed by atoms with E-state index in [1.807, 2.05) is 0 Å². The Labute approximate surface area is 115 Å². The molecular formula is C12H13FN2O4S. The maximum absolute atomic E-state index is 13.4. The summed E-state index contributed by atoms with van der Waals surface area (Å²) in [5.74, 6) is -1.97. The molecule has 1 aromatic carbocycles. The predicted molar refractivity (Wildman–Crippen MR) is 69.7 cm³/mol. The second-order valence-electron chi connectivity index (χ2n) is 4.48. The third-order valence-electron chi connectivity index (χ3n) is 2.95. The number of carbonyl (C=O) groups is 2. The van der Waals surface area contributed by atoms with Crippen LogP contribution >= 0.6 is 0 Å². The monoisotopic (exact) mass is 300 g/mol. The largest absolute Gasteiger partial charge is 0.322 e. The van der Waals surface area contributed by atoms with Gasteiger partial charge in [0.05, 0.1) is 11.9 Å². The zero-order valence-corrected chi connectivity index (χ0v) is 11.5. The lowest BCUT2D eigenvalue weighted by molar-refractivity contribution is -0.128. The number of sulfonamides is 1. The summed E-state index contributed by atoms with van der Waals surface area (Å²) in [7, 11) is -3.82. The van der Waals surface area contributed by atoms with Crippen LogP contribution in [-0.2, 0) is 19.6 Å². The van der Waals surface area contributed by atoms with Crippen molar-refractivity contribution in [2.24, 2.45) is 0 Å². The molecule has 0 radical (unpaired) electrons. The molecule has 2 rings (SSSR count). The van der Waals surface area contributed by atoms with Crippen LogP contribution in [0.15, 0.2) is 24.3 Å². The first-order valence-electron chi connectivity index (χ1n) is 5.88. The molecule has 1 aromatic rings. The highest BCUT2D eigenvalue weighted by molar-refractivity contribution is 7.89. The third-order valence-corrected chi connectivity index (χ3v) is 4.12. The van der Waals surface area contributed by atoms with Crippen molar-refractivity contribution in [2.75, 3.05) is 11.6 Å². The van der Waals surface area contributed by atoms with Gasteiger partial charge < -0.3 is 5.32 Å². The molecular weight excluding hydrogens is 287 g/mol. The minimum absolute atomic E-state index is 0.0254. The quantitative estimate of drug-likeness (QED) is 0.891. The Balaban J connectivity index is 2.21. The van der Waals surface area contributed by atoms with Crippen LogP contribution < -0.4 is 5.32 Å². The van der Waals surface area contributed by atoms with Gasteiger partial charge >= 0.3 is 0 Å². The van der Waals surface area contributed by atoms with Crippen LogP contribution in [0.4, 0.5) is 10.1 Å². The molecule has 0 saturated carbocycles. The van der Waals surface area contributed by atoms with Gasteiger partial charge in [-0.25, -0.2) is 17.1 Å². The molecule has 1 fully saturated rings. The van der Waals surface area contributed by atoms with Gasteiger partial charge in [0, 0.05) is 6.42 Å². The fourth-order valence-electron chi connectivity index (χ4n) is 2.09. The molecule has 0 spiro atoms. The number of anilines is 1. The van der Waals surface area contributed by atoms with E-state index >= 15 is 0 Å². The summed E-state index contributed by atoms with van der Waals surface area (Å²) < 4.78 is 37.0. The number of nitrogens with zero attached hydrogens (tertiary/aromatic N) is 1. The van der Waals surface area contributed by atoms with Gasteiger partial charge in [-0.3, -0.25) is 9.59 Å². The Morgan fingerprint density at radius 3 is 2.65 bits per heavy atom. The maximum atomic E-state index is 13.4. The molecule has 108 valence electrons. The predicted octanol–water partition coefficient (Wildman–Crippen LogP) is 0.715. The minimum atomic E-state index is -3.82. The van der Waals surface area contributed by atoms with Crippen LogP contribution in [0.25, 0.3) is 0 Å². The fourth-order valence-corrected chi connectivity index (χ4v) is 3.22. The van der Waals surface area contributed by atoms with Gasteiger partial charge in [-0.15, -0.1) is 0 Å². The van der Waals surface area contributed by atoms with Crippen molar-refractivity contribution in [2.45, 2.75) is 18.9 Å². The average Bonchev–Trinajstić information content (AvgIpc) is 2.74. The molecule has 1 unspecified atom stereocenters. The topological polar surface area (TPSA) is 83.6 Å². The molecule has 6 nitrogen and oxygen atoms in total. The zero-order valence-electron chi connectivity index (χ0n) is 10.7. The number of amides is 2. The van der Waals surface area contributed by atoms with Crippen LogP contribution in [0.1, 0.15) is 12.8 Å². The van der Waals surface area contributed by atoms with Crippen molar-refractivity contribution in [1.29, 1.82) is 0 Å². The van der Waals surface area contributed by atoms with Crippen LogP contribution in [0.5, 0.6) is 0 Å². The highest BCUT2D eigenvalue weighted by Crippen LogP contribution is 2.23. The van der Waals surface area contributed by atoms with Crippen molar-refractivity contribution < 1.29 is 22.4 Å². The lowest BCUT2D eigenvalue weighted by Crippen LogP contribution is -2.44. The van der Waals surface area contributed by atoms with Crippen molar-refractivity contribution >= 4 is 27.5 Å². The van der Waals surface area contributed by atoms with E-state index in [4.69, 9.17) is 0 Å². The number of halogens is 1. The standard InChI is InChI=1S/C12H13FN2O4S/c1-20(18,19)15-10(6-7-11(15)16)12(17)14-9-5-3-2-4-8(9)13/h2-5,10H,6-7H2,1H3,(H,14,17). The molecule has 1 heterocycles. The third kappa shape index (κ3) is 2.79. The molecule has 1 aliphatic rings. The molecule has 20 heavy (non-hydrogen) atoms. The number of carbonyl (C=O) groups excluding carboxylic acids is 2. The summed E-state index contributed by atoms with van der Waals surface area (Å²) in [6.07, 6.45) is 0.925. The first kappa shape index (κ1) is 14.4. The zero-order chi connectivity index (χ0) is 14.9. The Hall–Kier alpha value is -1.96. The fraction of sp³-hybridized carbons (Fsp3) is 0.333. The highest BCUT2D eigenvalue weighted by Gasteiger charge is 2.41. The molecule has 0 aromatic heterocycles. The highest BCUT2D eigenvalue weighted by atomic mass is 32.2. The lowest BCUT2D eigenvalue weighted by atomic mass is 10.2. The molecule has 0 bridgehead atoms. The average molecular weight is 300 g/mol. The summed E-state index contributed by atoms with van der Waals surface area (Å²) >= 11 is 0. The lowest BCUT2D eigenvalue weighted by Gasteiger charge is -2.21. The number of hydrogen-bond donors (Lipinski definition) is 1. The van der Waals surface area contributed by atoms with E-state index in [1.165, 1.54) is 24.3 Å². The van der Waals surface area contributed by atoms with E-state index in [2.05, 4.69) is 5.32 Å². The first-order chi connectivity index (χ1) is 9.30. The van der Waals surface area contributed by atoms with Crippen LogP contribution in [0.3, 0.4) is 0 Å². The van der Waals surface area contributed by atoms with Gasteiger partial charge in [-0.05, 0) is 18.6 Å². The van der Waals surface area contributed by atoms with E-state index in [0.717, 1.165) is 6.26 Å². The number of hydrogen-bond acceptors (Lipinski definition) is 4. The molecule has 1 aliphatic heterocycles. The number of rotatable bonds is 3. The molecule has 1 N–H and O–H groups in total. The molecule has 0 aliphatic carbocycles. The van der Waals surface area contributed by atoms with E-state index in [0.29, 0.717) is 4.31 Å². The van der Waals surface area contributed by atoms with E-state index < -0.39 is 33.7 Å². The summed E-state index contributed by atoms with van der Waals surface area (Å²) in [4.78, 5) is 23.6. The van der Waals surface area contributed by atoms with E-state index in [-0.39, 0.29) is 18.5 Å². The summed E-state index contributed by atoms with van der Waals surface area (Å²) in [6, 6.07) is 4.40. The molecule has 1 saturated heterocycles. The molecule has 8 heteroatoms. The Morgan fingerprint density at radius 2 is 2.05 bits per heavy atom. The number of nitrogens with one attached hydrogen (secondary N) is 1. The maximum Gasteiger partial charge on any atom is 0.248 e. The Kier molecular flexibility index (Phi) is 3.76. The number of benzene rings is 1. The SMILES string of the molecule is CS(=O)(=O)N1C(=O)CCC1C(=O)Nc1ccccc1F. The second kappa shape index (κ2) is 5.20. The van der Waals surface area contributed by atoms with Gasteiger partial charge in [0.25, 0.3) is 0 Å². The van der Waals surface area contributed by atoms with E-state index in [9.17, 15) is 22.4 Å². The summed E-state index contributed by atoms with van der Waals surface area (Å²) in [5, 5.41) is 2.30. The van der Waals surface area contributed by atoms with Gasteiger partial charge in [0.1, 0.15) is 11.9 Å². The second-order valence-corrected chi connectivity index (χ2v) is 6.34. The van der Waals surface area contributed by atoms with Crippen molar-refractivity contribution in [1.82, 2.24) is 4.31 Å². The summed E-state index contributed by atoms with van der Waals surface area (Å²) in [5.41, 5.74) is -0.0506. The van der Waals surface area contributed by atoms with E-state index in [1.54, 1.807) is 0 Å². The van der Waals surface area contributed by atoms with Gasteiger partial charge in [-0.2, -0.15) is 0 Å². The van der Waals surface area contributed by atoms with Crippen molar-refractivity contribution in [3.8, 4) is 0 Å². The smallest absolute Gasteiger partial charge is 0.248 e. The van der Waals surface area contributed by atoms with Crippen LogP contribution in [-0.4, -0.2) is 36.8 Å². The molecule has 1 atom stereocenters.